The summed E-state index contributed by atoms with van der Waals surface area (Å²) in [6, 6.07) is 0. The molecule has 0 saturated heterocycles. The van der Waals surface area contributed by atoms with Crippen molar-refractivity contribution in [1.82, 2.24) is 0 Å². The van der Waals surface area contributed by atoms with Gasteiger partial charge in [0.05, 0.1) is 0 Å². The van der Waals surface area contributed by atoms with Crippen LogP contribution in [0.15, 0.2) is 0 Å². The lowest BCUT2D eigenvalue weighted by atomic mass is 9.98. The Morgan fingerprint density at radius 2 is 0.800 bits per heavy atom. The Bertz CT molecular complexity index is 165. The third-order valence-electron chi connectivity index (χ3n) is 4.39. The highest BCUT2D eigenvalue weighted by Crippen LogP contribution is 2.14. The fourth-order valence-corrected chi connectivity index (χ4v) is 2.92. The zero-order valence-corrected chi connectivity index (χ0v) is 14.9. The fraction of sp³-hybridized carbons (Fsp3) is 1.00. The smallest absolute Gasteiger partial charge is 0.0811 e. The molecule has 0 aromatic carbocycles. The van der Waals surface area contributed by atoms with E-state index in [4.69, 9.17) is 0 Å². The van der Waals surface area contributed by atoms with Gasteiger partial charge in [-0.25, -0.2) is 0 Å². The van der Waals surface area contributed by atoms with E-state index in [1.54, 1.807) is 0 Å². The molecule has 0 radical (unpaired) electrons. The van der Waals surface area contributed by atoms with Crippen LogP contribution in [0, 0.1) is 5.92 Å². The van der Waals surface area contributed by atoms with Crippen LogP contribution in [-0.4, -0.2) is 7.85 Å². The van der Waals surface area contributed by atoms with Gasteiger partial charge in [-0.3, -0.25) is 0 Å². The highest BCUT2D eigenvalue weighted by molar-refractivity contribution is 6.08. The van der Waals surface area contributed by atoms with E-state index in [1.165, 1.54) is 103 Å². The van der Waals surface area contributed by atoms with Crippen LogP contribution in [0.25, 0.3) is 0 Å². The summed E-state index contributed by atoms with van der Waals surface area (Å²) >= 11 is 0. The van der Waals surface area contributed by atoms with Crippen LogP contribution in [0.5, 0.6) is 0 Å². The van der Waals surface area contributed by atoms with Crippen LogP contribution in [0.2, 0.25) is 6.32 Å². The first-order valence-electron chi connectivity index (χ1n) is 9.77. The van der Waals surface area contributed by atoms with E-state index in [0.29, 0.717) is 0 Å². The minimum Gasteiger partial charge on any atom is -0.0811 e. The van der Waals surface area contributed by atoms with E-state index in [9.17, 15) is 0 Å². The minimum atomic E-state index is 0.900. The summed E-state index contributed by atoms with van der Waals surface area (Å²) in [5, 5.41) is 0. The lowest BCUT2D eigenvalue weighted by Crippen LogP contribution is -1.87. The second-order valence-corrected chi connectivity index (χ2v) is 7.13. The van der Waals surface area contributed by atoms with Crippen LogP contribution >= 0.6 is 0 Å². The zero-order chi connectivity index (χ0) is 14.9. The SMILES string of the molecule is BCCCCCCCCCCCCCCCCC(C)C. The minimum absolute atomic E-state index is 0.900. The molecule has 0 aliphatic heterocycles. The molecule has 0 amide bonds. The molecule has 0 rings (SSSR count). The van der Waals surface area contributed by atoms with Crippen molar-refractivity contribution in [1.29, 1.82) is 0 Å². The van der Waals surface area contributed by atoms with Crippen LogP contribution < -0.4 is 0 Å². The van der Waals surface area contributed by atoms with Gasteiger partial charge in [0, 0.05) is 0 Å². The molecule has 0 spiro atoms. The molecular formula is C19H41B. The van der Waals surface area contributed by atoms with Crippen molar-refractivity contribution in [2.45, 2.75) is 116 Å². The maximum atomic E-state index is 2.34. The van der Waals surface area contributed by atoms with Crippen LogP contribution in [0.4, 0.5) is 0 Å². The number of rotatable bonds is 16. The van der Waals surface area contributed by atoms with E-state index in [2.05, 4.69) is 21.7 Å². The number of unbranched alkanes of at least 4 members (excludes halogenated alkanes) is 13. The summed E-state index contributed by atoms with van der Waals surface area (Å²) in [5.41, 5.74) is 0. The predicted octanol–water partition coefficient (Wildman–Crippen LogP) is 6.55. The van der Waals surface area contributed by atoms with Gasteiger partial charge >= 0.3 is 0 Å². The Morgan fingerprint density at radius 1 is 0.500 bits per heavy atom. The highest BCUT2D eigenvalue weighted by Gasteiger charge is 1.95. The number of hydrogen-bond acceptors (Lipinski definition) is 0. The largest absolute Gasteiger partial charge is 0.101 e. The van der Waals surface area contributed by atoms with Crippen molar-refractivity contribution in [2.24, 2.45) is 5.92 Å². The maximum Gasteiger partial charge on any atom is 0.101 e. The van der Waals surface area contributed by atoms with Gasteiger partial charge in [0.1, 0.15) is 7.85 Å². The lowest BCUT2D eigenvalue weighted by molar-refractivity contribution is 0.502. The van der Waals surface area contributed by atoms with Gasteiger partial charge in [-0.05, 0) is 5.92 Å². The summed E-state index contributed by atoms with van der Waals surface area (Å²) in [5.74, 6) is 0.900. The van der Waals surface area contributed by atoms with Crippen molar-refractivity contribution < 1.29 is 0 Å². The van der Waals surface area contributed by atoms with E-state index in [1.807, 2.05) is 0 Å². The van der Waals surface area contributed by atoms with E-state index >= 15 is 0 Å². The molecule has 0 heterocycles. The molecule has 0 aliphatic carbocycles. The summed E-state index contributed by atoms with van der Waals surface area (Å²) < 4.78 is 0. The van der Waals surface area contributed by atoms with Crippen molar-refractivity contribution in [3.05, 3.63) is 0 Å². The first-order valence-corrected chi connectivity index (χ1v) is 9.77. The molecule has 0 saturated carbocycles. The first-order chi connectivity index (χ1) is 9.77. The molecule has 0 N–H and O–H groups in total. The van der Waals surface area contributed by atoms with Gasteiger partial charge in [0.2, 0.25) is 0 Å². The molecular weight excluding hydrogens is 239 g/mol. The van der Waals surface area contributed by atoms with Crippen LogP contribution in [0.1, 0.15) is 110 Å². The summed E-state index contributed by atoms with van der Waals surface area (Å²) in [6.07, 6.45) is 23.5. The Balaban J connectivity index is 2.92. The Morgan fingerprint density at radius 3 is 1.10 bits per heavy atom. The monoisotopic (exact) mass is 280 g/mol. The molecule has 0 aromatic rings. The fourth-order valence-electron chi connectivity index (χ4n) is 2.92. The van der Waals surface area contributed by atoms with Gasteiger partial charge in [-0.2, -0.15) is 0 Å². The zero-order valence-electron chi connectivity index (χ0n) is 14.9. The molecule has 0 fully saturated rings. The van der Waals surface area contributed by atoms with Crippen LogP contribution in [0.3, 0.4) is 0 Å². The first kappa shape index (κ1) is 20.1. The van der Waals surface area contributed by atoms with Gasteiger partial charge < -0.3 is 0 Å². The van der Waals surface area contributed by atoms with E-state index in [-0.39, 0.29) is 0 Å². The molecule has 0 aliphatic rings. The Kier molecular flexibility index (Phi) is 17.2. The summed E-state index contributed by atoms with van der Waals surface area (Å²) in [4.78, 5) is 0. The average molecular weight is 280 g/mol. The third kappa shape index (κ3) is 18.1. The van der Waals surface area contributed by atoms with Gasteiger partial charge in [-0.15, -0.1) is 0 Å². The molecule has 0 nitrogen and oxygen atoms in total. The number of hydrogen-bond donors (Lipinski definition) is 0. The van der Waals surface area contributed by atoms with Gasteiger partial charge in [0.15, 0.2) is 0 Å². The summed E-state index contributed by atoms with van der Waals surface area (Å²) in [7, 11) is 2.30. The second-order valence-electron chi connectivity index (χ2n) is 7.13. The molecule has 0 atom stereocenters. The standard InChI is InChI=1S/C19H41B/c1-19(2)17-15-13-11-9-7-5-3-4-6-8-10-12-14-16-18-20/h19H,3-18,20H2,1-2H3. The van der Waals surface area contributed by atoms with Crippen LogP contribution in [-0.2, 0) is 0 Å². The predicted molar refractivity (Wildman–Crippen MR) is 97.4 cm³/mol. The molecule has 1 heteroatoms. The topological polar surface area (TPSA) is 0 Å². The quantitative estimate of drug-likeness (QED) is 0.222. The molecule has 120 valence electrons. The second kappa shape index (κ2) is 17.1. The average Bonchev–Trinajstić information content (AvgIpc) is 2.43. The normalized spacial score (nSPS) is 11.3. The van der Waals surface area contributed by atoms with Gasteiger partial charge in [-0.1, -0.05) is 116 Å². The van der Waals surface area contributed by atoms with Crippen molar-refractivity contribution >= 4 is 7.85 Å². The Hall–Kier alpha value is 0.0649. The maximum absolute atomic E-state index is 2.34. The van der Waals surface area contributed by atoms with Crippen molar-refractivity contribution in [2.75, 3.05) is 0 Å². The lowest BCUT2D eigenvalue weighted by Gasteiger charge is -2.05. The third-order valence-corrected chi connectivity index (χ3v) is 4.39. The van der Waals surface area contributed by atoms with E-state index in [0.717, 1.165) is 5.92 Å². The highest BCUT2D eigenvalue weighted by atomic mass is 14.0. The van der Waals surface area contributed by atoms with E-state index < -0.39 is 0 Å². The molecule has 20 heavy (non-hydrogen) atoms. The van der Waals surface area contributed by atoms with Crippen molar-refractivity contribution in [3.63, 3.8) is 0 Å². The Labute approximate surface area is 130 Å². The van der Waals surface area contributed by atoms with Crippen molar-refractivity contribution in [3.8, 4) is 0 Å². The molecule has 0 aromatic heterocycles. The summed E-state index contributed by atoms with van der Waals surface area (Å²) in [6.45, 7) is 4.67. The van der Waals surface area contributed by atoms with Gasteiger partial charge in [0.25, 0.3) is 0 Å². The molecule has 0 unspecified atom stereocenters. The molecule has 0 bridgehead atoms.